The molecule has 0 spiro atoms. The molecule has 27 heavy (non-hydrogen) atoms. The topological polar surface area (TPSA) is 140 Å². The summed E-state index contributed by atoms with van der Waals surface area (Å²) in [5.41, 5.74) is 14.2. The van der Waals surface area contributed by atoms with Gasteiger partial charge in [-0.05, 0) is 44.4 Å². The summed E-state index contributed by atoms with van der Waals surface area (Å²) in [5, 5.41) is 28.6. The lowest BCUT2D eigenvalue weighted by atomic mass is 9.81. The van der Waals surface area contributed by atoms with E-state index in [2.05, 4.69) is 0 Å². The fourth-order valence-corrected chi connectivity index (χ4v) is 3.87. The zero-order valence-electron chi connectivity index (χ0n) is 16.6. The molecule has 0 amide bonds. The Kier molecular flexibility index (Phi) is 7.57. The molecule has 0 aromatic heterocycles. The second-order valence-corrected chi connectivity index (χ2v) is 7.81. The fourth-order valence-electron chi connectivity index (χ4n) is 3.87. The van der Waals surface area contributed by atoms with Crippen LogP contribution >= 0.6 is 0 Å². The number of aliphatic hydroxyl groups is 3. The van der Waals surface area contributed by atoms with Crippen molar-refractivity contribution in [2.75, 3.05) is 26.4 Å². The lowest BCUT2D eigenvalue weighted by Crippen LogP contribution is -2.54. The first-order valence-corrected chi connectivity index (χ1v) is 9.34. The van der Waals surface area contributed by atoms with E-state index in [1.165, 1.54) is 0 Å². The van der Waals surface area contributed by atoms with E-state index in [9.17, 15) is 15.3 Å². The quantitative estimate of drug-likeness (QED) is 0.359. The molecule has 0 radical (unpaired) electrons. The smallest absolute Gasteiger partial charge is 0.102 e. The number of hydrogen-bond donors (Lipinski definition) is 5. The Morgan fingerprint density at radius 1 is 1.00 bits per heavy atom. The van der Waals surface area contributed by atoms with Crippen LogP contribution in [0.3, 0.4) is 0 Å². The fraction of sp³-hybridized carbons (Fsp3) is 0.789. The van der Waals surface area contributed by atoms with Gasteiger partial charge in [0.1, 0.15) is 24.4 Å². The highest BCUT2D eigenvalue weighted by Crippen LogP contribution is 2.35. The van der Waals surface area contributed by atoms with Gasteiger partial charge in [-0.15, -0.1) is 0 Å². The maximum atomic E-state index is 9.61. The van der Waals surface area contributed by atoms with Crippen molar-refractivity contribution < 1.29 is 29.5 Å². The lowest BCUT2D eigenvalue weighted by molar-refractivity contribution is -0.110. The van der Waals surface area contributed by atoms with Crippen LogP contribution in [0.25, 0.3) is 0 Å². The van der Waals surface area contributed by atoms with Crippen molar-refractivity contribution in [2.24, 2.45) is 11.5 Å². The molecule has 8 nitrogen and oxygen atoms in total. The summed E-state index contributed by atoms with van der Waals surface area (Å²) in [6.07, 6.45) is -0.0342. The van der Waals surface area contributed by atoms with Gasteiger partial charge in [0, 0.05) is 0 Å². The van der Waals surface area contributed by atoms with E-state index in [4.69, 9.17) is 25.7 Å². The van der Waals surface area contributed by atoms with Crippen molar-refractivity contribution >= 4 is 0 Å². The lowest BCUT2D eigenvalue weighted by Gasteiger charge is -2.43. The van der Waals surface area contributed by atoms with Crippen LogP contribution in [0, 0.1) is 0 Å². The van der Waals surface area contributed by atoms with Crippen molar-refractivity contribution in [3.63, 3.8) is 0 Å². The molecular formula is C19H34N2O6. The van der Waals surface area contributed by atoms with E-state index in [0.717, 1.165) is 16.7 Å². The van der Waals surface area contributed by atoms with Gasteiger partial charge in [-0.2, -0.15) is 0 Å². The molecule has 2 rings (SSSR count). The highest BCUT2D eigenvalue weighted by Gasteiger charge is 2.41. The first-order valence-electron chi connectivity index (χ1n) is 9.34. The third-order valence-corrected chi connectivity index (χ3v) is 5.48. The van der Waals surface area contributed by atoms with Crippen molar-refractivity contribution in [1.29, 1.82) is 0 Å². The molecular weight excluding hydrogens is 352 g/mol. The minimum atomic E-state index is -0.776. The predicted octanol–water partition coefficient (Wildman–Crippen LogP) is -0.789. The number of hydrogen-bond acceptors (Lipinski definition) is 8. The number of rotatable bonds is 7. The summed E-state index contributed by atoms with van der Waals surface area (Å²) >= 11 is 0. The Balaban J connectivity index is 2.17. The molecule has 0 saturated carbocycles. The Morgan fingerprint density at radius 3 is 2.15 bits per heavy atom. The zero-order valence-corrected chi connectivity index (χ0v) is 16.6. The van der Waals surface area contributed by atoms with Crippen LogP contribution in [0.2, 0.25) is 0 Å². The summed E-state index contributed by atoms with van der Waals surface area (Å²) in [4.78, 5) is 0. The third kappa shape index (κ3) is 4.78. The molecule has 0 aliphatic carbocycles. The zero-order chi connectivity index (χ0) is 20.4. The van der Waals surface area contributed by atoms with Crippen LogP contribution in [-0.2, 0) is 14.2 Å². The number of aliphatic hydroxyl groups excluding tert-OH is 3. The van der Waals surface area contributed by atoms with Crippen LogP contribution in [0.5, 0.6) is 0 Å². The van der Waals surface area contributed by atoms with Crippen LogP contribution in [0.15, 0.2) is 22.8 Å². The van der Waals surface area contributed by atoms with E-state index in [1.54, 1.807) is 0 Å². The van der Waals surface area contributed by atoms with Crippen LogP contribution in [0.1, 0.15) is 27.7 Å². The van der Waals surface area contributed by atoms with Crippen molar-refractivity contribution in [1.82, 2.24) is 0 Å². The molecule has 4 unspecified atom stereocenters. The molecule has 0 fully saturated rings. The van der Waals surface area contributed by atoms with Gasteiger partial charge in [-0.3, -0.25) is 0 Å². The number of ether oxygens (including phenoxy) is 3. The molecule has 0 bridgehead atoms. The minimum Gasteiger partial charge on any atom is -0.394 e. The van der Waals surface area contributed by atoms with Gasteiger partial charge >= 0.3 is 0 Å². The van der Waals surface area contributed by atoms with Gasteiger partial charge in [0.15, 0.2) is 0 Å². The Hall–Kier alpha value is -0.840. The summed E-state index contributed by atoms with van der Waals surface area (Å²) in [6, 6.07) is -0.890. The van der Waals surface area contributed by atoms with E-state index >= 15 is 0 Å². The maximum Gasteiger partial charge on any atom is 0.102 e. The van der Waals surface area contributed by atoms with Gasteiger partial charge in [0.25, 0.3) is 0 Å². The summed E-state index contributed by atoms with van der Waals surface area (Å²) in [6.45, 7) is 7.16. The Bertz CT molecular complexity index is 577. The maximum absolute atomic E-state index is 9.61. The molecule has 0 aromatic carbocycles. The van der Waals surface area contributed by atoms with Gasteiger partial charge in [-0.1, -0.05) is 6.08 Å². The average molecular weight is 386 g/mol. The second-order valence-electron chi connectivity index (χ2n) is 7.81. The van der Waals surface area contributed by atoms with Gasteiger partial charge in [0.05, 0.1) is 44.1 Å². The molecule has 156 valence electrons. The molecule has 6 atom stereocenters. The Morgan fingerprint density at radius 2 is 1.59 bits per heavy atom. The SMILES string of the molecule is CC1=C[C@H](N)C(COC(C)(C)C2=C(C)C(CO)OC(CO)[C@H]2N)OC1CO. The minimum absolute atomic E-state index is 0.113. The molecule has 0 aromatic rings. The third-order valence-electron chi connectivity index (χ3n) is 5.48. The summed E-state index contributed by atoms with van der Waals surface area (Å²) in [7, 11) is 0. The van der Waals surface area contributed by atoms with E-state index < -0.39 is 30.0 Å². The predicted molar refractivity (Wildman–Crippen MR) is 101 cm³/mol. The van der Waals surface area contributed by atoms with Crippen molar-refractivity contribution in [2.45, 2.75) is 69.8 Å². The highest BCUT2D eigenvalue weighted by atomic mass is 16.6. The molecule has 7 N–H and O–H groups in total. The molecule has 2 aliphatic rings. The van der Waals surface area contributed by atoms with Crippen LogP contribution in [0.4, 0.5) is 0 Å². The molecule has 2 heterocycles. The van der Waals surface area contributed by atoms with Crippen LogP contribution in [-0.4, -0.2) is 83.8 Å². The van der Waals surface area contributed by atoms with Gasteiger partial charge < -0.3 is 41.0 Å². The van der Waals surface area contributed by atoms with Crippen LogP contribution < -0.4 is 11.5 Å². The largest absolute Gasteiger partial charge is 0.394 e. The molecule has 2 aliphatic heterocycles. The number of nitrogens with two attached hydrogens (primary N) is 2. The molecule has 8 heteroatoms. The van der Waals surface area contributed by atoms with Gasteiger partial charge in [-0.25, -0.2) is 0 Å². The van der Waals surface area contributed by atoms with E-state index in [1.807, 2.05) is 33.8 Å². The van der Waals surface area contributed by atoms with Crippen molar-refractivity contribution in [3.05, 3.63) is 22.8 Å². The highest BCUT2D eigenvalue weighted by molar-refractivity contribution is 5.33. The first kappa shape index (κ1) is 22.4. The van der Waals surface area contributed by atoms with Crippen molar-refractivity contribution in [3.8, 4) is 0 Å². The first-order chi connectivity index (χ1) is 12.7. The Labute approximate surface area is 160 Å². The monoisotopic (exact) mass is 386 g/mol. The van der Waals surface area contributed by atoms with Gasteiger partial charge in [0.2, 0.25) is 0 Å². The average Bonchev–Trinajstić information content (AvgIpc) is 2.61. The second kappa shape index (κ2) is 9.11. The normalized spacial score (nSPS) is 35.4. The summed E-state index contributed by atoms with van der Waals surface area (Å²) < 4.78 is 17.7. The molecule has 0 saturated heterocycles. The van der Waals surface area contributed by atoms with E-state index in [0.29, 0.717) is 0 Å². The standard InChI is InChI=1S/C19H34N2O6/c1-10-5-12(20)16(26-13(10)6-22)9-25-19(3,4)17-11(2)14(7-23)27-15(8-24)18(17)21/h5,12-16,18,22-24H,6-9,20-21H2,1-4H3/t12-,13?,14?,15?,16?,18+/m0/s1. The summed E-state index contributed by atoms with van der Waals surface area (Å²) in [5.74, 6) is 0. The van der Waals surface area contributed by atoms with E-state index in [-0.39, 0.29) is 38.6 Å².